The molecule has 6 heteroatoms. The maximum absolute atomic E-state index is 11.3. The van der Waals surface area contributed by atoms with Crippen LogP contribution in [0.15, 0.2) is 36.5 Å². The van der Waals surface area contributed by atoms with Crippen LogP contribution in [0.2, 0.25) is 5.02 Å². The van der Waals surface area contributed by atoms with E-state index in [-0.39, 0.29) is 12.6 Å². The van der Waals surface area contributed by atoms with Crippen molar-refractivity contribution < 1.29 is 9.53 Å². The van der Waals surface area contributed by atoms with E-state index >= 15 is 0 Å². The first-order valence-electron chi connectivity index (χ1n) is 5.33. The van der Waals surface area contributed by atoms with Gasteiger partial charge in [0.2, 0.25) is 0 Å². The summed E-state index contributed by atoms with van der Waals surface area (Å²) in [5.41, 5.74) is 0.354. The van der Waals surface area contributed by atoms with Crippen LogP contribution in [0.5, 0.6) is 5.75 Å². The molecule has 0 bridgehead atoms. The number of ether oxygens (including phenoxy) is 1. The summed E-state index contributed by atoms with van der Waals surface area (Å²) in [6, 6.07) is 8.71. The average Bonchev–Trinajstić information content (AvgIpc) is 2.84. The molecular weight excluding hydrogens is 254 g/mol. The van der Waals surface area contributed by atoms with Crippen molar-refractivity contribution in [3.05, 3.63) is 47.2 Å². The molecule has 0 aliphatic heterocycles. The van der Waals surface area contributed by atoms with Crippen LogP contribution in [0.25, 0.3) is 0 Å². The third-order valence-electron chi connectivity index (χ3n) is 2.26. The van der Waals surface area contributed by atoms with Crippen molar-refractivity contribution >= 4 is 17.5 Å². The van der Waals surface area contributed by atoms with Gasteiger partial charge in [0.15, 0.2) is 6.73 Å². The summed E-state index contributed by atoms with van der Waals surface area (Å²) < 4.78 is 7.02. The quantitative estimate of drug-likeness (QED) is 0.919. The predicted octanol–water partition coefficient (Wildman–Crippen LogP) is 1.93. The molecular formula is C12H12ClN3O2. The molecule has 0 aliphatic carbocycles. The highest BCUT2D eigenvalue weighted by atomic mass is 35.5. The fourth-order valence-corrected chi connectivity index (χ4v) is 1.56. The van der Waals surface area contributed by atoms with Crippen LogP contribution >= 0.6 is 11.6 Å². The van der Waals surface area contributed by atoms with Gasteiger partial charge in [0, 0.05) is 18.3 Å². The Bertz CT molecular complexity index is 554. The molecule has 0 unspecified atom stereocenters. The van der Waals surface area contributed by atoms with Crippen LogP contribution in [0, 0.1) is 0 Å². The van der Waals surface area contributed by atoms with E-state index in [9.17, 15) is 4.79 Å². The second kappa shape index (κ2) is 5.55. The zero-order chi connectivity index (χ0) is 13.0. The lowest BCUT2D eigenvalue weighted by Crippen LogP contribution is -2.19. The van der Waals surface area contributed by atoms with Crippen LogP contribution in [0.3, 0.4) is 0 Å². The van der Waals surface area contributed by atoms with Gasteiger partial charge in [-0.3, -0.25) is 4.79 Å². The zero-order valence-electron chi connectivity index (χ0n) is 9.76. The monoisotopic (exact) mass is 265 g/mol. The minimum Gasteiger partial charge on any atom is -0.471 e. The summed E-state index contributed by atoms with van der Waals surface area (Å²) in [6.07, 6.45) is 1.68. The van der Waals surface area contributed by atoms with E-state index in [1.807, 2.05) is 0 Å². The molecule has 0 fully saturated rings. The first-order valence-corrected chi connectivity index (χ1v) is 5.71. The summed E-state index contributed by atoms with van der Waals surface area (Å²) >= 11 is 5.84. The Kier molecular flexibility index (Phi) is 3.84. The Morgan fingerprint density at radius 3 is 3.06 bits per heavy atom. The van der Waals surface area contributed by atoms with Gasteiger partial charge in [-0.1, -0.05) is 17.7 Å². The second-order valence-electron chi connectivity index (χ2n) is 3.55. The van der Waals surface area contributed by atoms with Crippen LogP contribution in [0.1, 0.15) is 10.5 Å². The molecule has 0 spiro atoms. The van der Waals surface area contributed by atoms with E-state index in [2.05, 4.69) is 10.4 Å². The molecule has 94 valence electrons. The lowest BCUT2D eigenvalue weighted by molar-refractivity contribution is 0.0956. The molecule has 2 rings (SSSR count). The third kappa shape index (κ3) is 3.01. The van der Waals surface area contributed by atoms with Gasteiger partial charge in [0.1, 0.15) is 11.4 Å². The summed E-state index contributed by atoms with van der Waals surface area (Å²) in [5.74, 6) is 0.427. The van der Waals surface area contributed by atoms with Gasteiger partial charge >= 0.3 is 0 Å². The summed E-state index contributed by atoms with van der Waals surface area (Å²) in [4.78, 5) is 11.3. The Morgan fingerprint density at radius 1 is 1.50 bits per heavy atom. The first-order chi connectivity index (χ1) is 8.69. The van der Waals surface area contributed by atoms with Crippen molar-refractivity contribution in [1.82, 2.24) is 15.1 Å². The van der Waals surface area contributed by atoms with Gasteiger partial charge in [-0.15, -0.1) is 0 Å². The molecule has 0 saturated heterocycles. The van der Waals surface area contributed by atoms with E-state index < -0.39 is 0 Å². The highest BCUT2D eigenvalue weighted by molar-refractivity contribution is 6.30. The Balaban J connectivity index is 1.98. The minimum atomic E-state index is -0.225. The number of carbonyl (C=O) groups excluding carboxylic acids is 1. The average molecular weight is 266 g/mol. The van der Waals surface area contributed by atoms with Crippen LogP contribution in [-0.2, 0) is 6.73 Å². The van der Waals surface area contributed by atoms with E-state index in [0.717, 1.165) is 0 Å². The minimum absolute atomic E-state index is 0.220. The number of halogens is 1. The number of hydrogen-bond acceptors (Lipinski definition) is 3. The van der Waals surface area contributed by atoms with Gasteiger partial charge in [0.05, 0.1) is 0 Å². The molecule has 0 radical (unpaired) electrons. The molecule has 1 aromatic heterocycles. The predicted molar refractivity (Wildman–Crippen MR) is 67.7 cm³/mol. The maximum atomic E-state index is 11.3. The number of rotatable bonds is 4. The van der Waals surface area contributed by atoms with Crippen molar-refractivity contribution in [3.63, 3.8) is 0 Å². The number of carbonyl (C=O) groups is 1. The highest BCUT2D eigenvalue weighted by Gasteiger charge is 2.06. The normalized spacial score (nSPS) is 10.1. The number of aromatic nitrogens is 2. The molecule has 0 saturated carbocycles. The van der Waals surface area contributed by atoms with Crippen molar-refractivity contribution in [3.8, 4) is 5.75 Å². The fraction of sp³-hybridized carbons (Fsp3) is 0.167. The number of nitrogens with zero attached hydrogens (tertiary/aromatic N) is 2. The third-order valence-corrected chi connectivity index (χ3v) is 2.50. The molecule has 1 N–H and O–H groups in total. The number of hydrogen-bond donors (Lipinski definition) is 1. The van der Waals surface area contributed by atoms with E-state index in [1.165, 1.54) is 4.68 Å². The Labute approximate surface area is 109 Å². The van der Waals surface area contributed by atoms with E-state index in [1.54, 1.807) is 43.6 Å². The largest absolute Gasteiger partial charge is 0.471 e. The molecule has 18 heavy (non-hydrogen) atoms. The van der Waals surface area contributed by atoms with Crippen LogP contribution in [0.4, 0.5) is 0 Å². The smallest absolute Gasteiger partial charge is 0.271 e. The van der Waals surface area contributed by atoms with Gasteiger partial charge in [-0.05, 0) is 24.3 Å². The van der Waals surface area contributed by atoms with Gasteiger partial charge in [0.25, 0.3) is 5.91 Å². The standard InChI is InChI=1S/C12H12ClN3O2/c1-14-12(17)11-5-6-16(15-11)8-18-10-4-2-3-9(13)7-10/h2-7H,8H2,1H3,(H,14,17). The van der Waals surface area contributed by atoms with Crippen LogP contribution < -0.4 is 10.1 Å². The van der Waals surface area contributed by atoms with Crippen molar-refractivity contribution in [1.29, 1.82) is 0 Å². The fourth-order valence-electron chi connectivity index (χ4n) is 1.38. The van der Waals surface area contributed by atoms with Crippen molar-refractivity contribution in [2.24, 2.45) is 0 Å². The molecule has 0 atom stereocenters. The molecule has 1 amide bonds. The lowest BCUT2D eigenvalue weighted by Gasteiger charge is -2.06. The molecule has 2 aromatic rings. The number of benzene rings is 1. The Morgan fingerprint density at radius 2 is 2.33 bits per heavy atom. The zero-order valence-corrected chi connectivity index (χ0v) is 10.5. The Hall–Kier alpha value is -2.01. The number of amides is 1. The molecule has 0 aliphatic rings. The van der Waals surface area contributed by atoms with Gasteiger partial charge < -0.3 is 10.1 Å². The summed E-state index contributed by atoms with van der Waals surface area (Å²) in [5, 5.41) is 7.18. The summed E-state index contributed by atoms with van der Waals surface area (Å²) in [7, 11) is 1.56. The molecule has 1 heterocycles. The highest BCUT2D eigenvalue weighted by Crippen LogP contribution is 2.17. The molecule has 5 nitrogen and oxygen atoms in total. The van der Waals surface area contributed by atoms with Gasteiger partial charge in [-0.2, -0.15) is 5.10 Å². The van der Waals surface area contributed by atoms with Gasteiger partial charge in [-0.25, -0.2) is 4.68 Å². The topological polar surface area (TPSA) is 56.2 Å². The van der Waals surface area contributed by atoms with Crippen molar-refractivity contribution in [2.75, 3.05) is 7.05 Å². The summed E-state index contributed by atoms with van der Waals surface area (Å²) in [6.45, 7) is 0.220. The number of nitrogens with one attached hydrogen (secondary N) is 1. The van der Waals surface area contributed by atoms with E-state index in [0.29, 0.717) is 16.5 Å². The molecule has 1 aromatic carbocycles. The lowest BCUT2D eigenvalue weighted by atomic mass is 10.3. The SMILES string of the molecule is CNC(=O)c1ccn(COc2cccc(Cl)c2)n1. The van der Waals surface area contributed by atoms with Crippen LogP contribution in [-0.4, -0.2) is 22.7 Å². The van der Waals surface area contributed by atoms with E-state index in [4.69, 9.17) is 16.3 Å². The maximum Gasteiger partial charge on any atom is 0.271 e. The first kappa shape index (κ1) is 12.4. The second-order valence-corrected chi connectivity index (χ2v) is 3.99. The van der Waals surface area contributed by atoms with Crippen molar-refractivity contribution in [2.45, 2.75) is 6.73 Å².